The summed E-state index contributed by atoms with van der Waals surface area (Å²) in [6, 6.07) is 0. The molecule has 4 heteroatoms. The van der Waals surface area contributed by atoms with Crippen LogP contribution in [-0.2, 0) is 4.79 Å². The number of amides is 1. The van der Waals surface area contributed by atoms with Crippen molar-refractivity contribution in [2.75, 3.05) is 27.2 Å². The number of hydrogen-bond donors (Lipinski definition) is 2. The van der Waals surface area contributed by atoms with E-state index >= 15 is 0 Å². The van der Waals surface area contributed by atoms with E-state index in [1.54, 1.807) is 0 Å². The highest BCUT2D eigenvalue weighted by molar-refractivity contribution is 5.75. The van der Waals surface area contributed by atoms with Crippen molar-refractivity contribution in [3.05, 3.63) is 0 Å². The first-order valence-electron chi connectivity index (χ1n) is 12.7. The van der Waals surface area contributed by atoms with E-state index in [4.69, 9.17) is 0 Å². The molecule has 0 aromatic carbocycles. The summed E-state index contributed by atoms with van der Waals surface area (Å²) in [5.74, 6) is 0.163. The molecule has 0 bridgehead atoms. The lowest BCUT2D eigenvalue weighted by molar-refractivity contribution is -0.917. The SMILES string of the molecule is CCCCCCCCCCCCCCCCCC(=O)NC(CC)[N+](C)(C)CCO. The van der Waals surface area contributed by atoms with Crippen LogP contribution in [0.2, 0.25) is 0 Å². The fraction of sp³-hybridized carbons (Fsp3) is 0.960. The van der Waals surface area contributed by atoms with Crippen molar-refractivity contribution in [1.29, 1.82) is 0 Å². The number of nitrogens with one attached hydrogen (secondary N) is 1. The van der Waals surface area contributed by atoms with Gasteiger partial charge in [0.2, 0.25) is 5.91 Å². The van der Waals surface area contributed by atoms with Crippen LogP contribution in [0.3, 0.4) is 0 Å². The Balaban J connectivity index is 3.48. The number of aliphatic hydroxyl groups is 1. The zero-order valence-electron chi connectivity index (χ0n) is 20.3. The third-order valence-electron chi connectivity index (χ3n) is 6.24. The Labute approximate surface area is 182 Å². The fourth-order valence-electron chi connectivity index (χ4n) is 4.10. The maximum absolute atomic E-state index is 12.2. The quantitative estimate of drug-likeness (QED) is 0.134. The summed E-state index contributed by atoms with van der Waals surface area (Å²) in [5, 5.41) is 12.4. The van der Waals surface area contributed by atoms with Crippen LogP contribution in [0.1, 0.15) is 123 Å². The Kier molecular flexibility index (Phi) is 19.0. The van der Waals surface area contributed by atoms with Gasteiger partial charge in [0.15, 0.2) is 6.17 Å². The smallest absolute Gasteiger partial charge is 0.224 e. The predicted octanol–water partition coefficient (Wildman–Crippen LogP) is 6.17. The summed E-state index contributed by atoms with van der Waals surface area (Å²) in [6.45, 7) is 5.19. The van der Waals surface area contributed by atoms with Gasteiger partial charge < -0.3 is 14.9 Å². The van der Waals surface area contributed by atoms with Crippen LogP contribution in [0.5, 0.6) is 0 Å². The summed E-state index contributed by atoms with van der Waals surface area (Å²) in [6.07, 6.45) is 21.8. The Morgan fingerprint density at radius 1 is 0.759 bits per heavy atom. The number of unbranched alkanes of at least 4 members (excludes halogenated alkanes) is 14. The number of hydrogen-bond acceptors (Lipinski definition) is 2. The van der Waals surface area contributed by atoms with Crippen LogP contribution in [0.15, 0.2) is 0 Å². The van der Waals surface area contributed by atoms with Crippen molar-refractivity contribution in [3.63, 3.8) is 0 Å². The van der Waals surface area contributed by atoms with Crippen molar-refractivity contribution in [1.82, 2.24) is 5.32 Å². The Hall–Kier alpha value is -0.610. The number of carbonyl (C=O) groups is 1. The van der Waals surface area contributed by atoms with E-state index in [1.165, 1.54) is 83.5 Å². The van der Waals surface area contributed by atoms with E-state index in [0.717, 1.165) is 19.3 Å². The van der Waals surface area contributed by atoms with Gasteiger partial charge in [-0.1, -0.05) is 104 Å². The molecule has 0 saturated heterocycles. The van der Waals surface area contributed by atoms with Crippen molar-refractivity contribution >= 4 is 5.91 Å². The molecule has 1 unspecified atom stereocenters. The van der Waals surface area contributed by atoms with Crippen LogP contribution in [0.25, 0.3) is 0 Å². The minimum absolute atomic E-state index is 0.0889. The number of likely N-dealkylation sites (N-methyl/N-ethyl adjacent to an activating group) is 1. The molecule has 29 heavy (non-hydrogen) atoms. The lowest BCUT2D eigenvalue weighted by Crippen LogP contribution is -2.58. The molecule has 0 radical (unpaired) electrons. The molecule has 0 aliphatic rings. The summed E-state index contributed by atoms with van der Waals surface area (Å²) in [5.41, 5.74) is 0. The normalized spacial score (nSPS) is 12.9. The van der Waals surface area contributed by atoms with E-state index in [9.17, 15) is 9.90 Å². The van der Waals surface area contributed by atoms with Gasteiger partial charge in [0.1, 0.15) is 6.54 Å². The molecule has 174 valence electrons. The van der Waals surface area contributed by atoms with Gasteiger partial charge in [-0.15, -0.1) is 0 Å². The van der Waals surface area contributed by atoms with Gasteiger partial charge in [0, 0.05) is 12.8 Å². The van der Waals surface area contributed by atoms with Crippen LogP contribution < -0.4 is 5.32 Å². The Morgan fingerprint density at radius 3 is 1.55 bits per heavy atom. The zero-order chi connectivity index (χ0) is 21.8. The molecule has 4 nitrogen and oxygen atoms in total. The van der Waals surface area contributed by atoms with Crippen molar-refractivity contribution in [2.45, 2.75) is 129 Å². The van der Waals surface area contributed by atoms with Crippen molar-refractivity contribution in [3.8, 4) is 0 Å². The average molecular weight is 414 g/mol. The minimum atomic E-state index is 0.0889. The maximum atomic E-state index is 12.2. The Bertz CT molecular complexity index is 372. The van der Waals surface area contributed by atoms with Crippen molar-refractivity contribution in [2.24, 2.45) is 0 Å². The molecule has 0 aromatic heterocycles. The number of carbonyl (C=O) groups excluding carboxylic acids is 1. The largest absolute Gasteiger partial charge is 0.391 e. The molecular weight excluding hydrogens is 360 g/mol. The number of nitrogens with zero attached hydrogens (tertiary/aromatic N) is 1. The zero-order valence-corrected chi connectivity index (χ0v) is 20.3. The first-order chi connectivity index (χ1) is 14.0. The second-order valence-corrected chi connectivity index (χ2v) is 9.42. The van der Waals surface area contributed by atoms with Gasteiger partial charge in [0.25, 0.3) is 0 Å². The maximum Gasteiger partial charge on any atom is 0.224 e. The van der Waals surface area contributed by atoms with Crippen LogP contribution in [0.4, 0.5) is 0 Å². The first kappa shape index (κ1) is 28.4. The van der Waals surface area contributed by atoms with Gasteiger partial charge in [-0.2, -0.15) is 0 Å². The minimum Gasteiger partial charge on any atom is -0.391 e. The highest BCUT2D eigenvalue weighted by atomic mass is 16.3. The molecule has 1 atom stereocenters. The molecule has 0 aliphatic heterocycles. The molecule has 0 fully saturated rings. The fourth-order valence-corrected chi connectivity index (χ4v) is 4.10. The summed E-state index contributed by atoms with van der Waals surface area (Å²) in [4.78, 5) is 12.2. The lowest BCUT2D eigenvalue weighted by atomic mass is 10.0. The summed E-state index contributed by atoms with van der Waals surface area (Å²) >= 11 is 0. The second-order valence-electron chi connectivity index (χ2n) is 9.42. The van der Waals surface area contributed by atoms with E-state index in [0.29, 0.717) is 17.4 Å². The lowest BCUT2D eigenvalue weighted by Gasteiger charge is -2.37. The average Bonchev–Trinajstić information content (AvgIpc) is 2.68. The molecule has 2 N–H and O–H groups in total. The monoisotopic (exact) mass is 413 g/mol. The van der Waals surface area contributed by atoms with Crippen LogP contribution in [0, 0.1) is 0 Å². The number of rotatable bonds is 21. The van der Waals surface area contributed by atoms with Crippen molar-refractivity contribution < 1.29 is 14.4 Å². The molecule has 0 heterocycles. The second kappa shape index (κ2) is 19.4. The predicted molar refractivity (Wildman–Crippen MR) is 126 cm³/mol. The number of aliphatic hydroxyl groups excluding tert-OH is 1. The first-order valence-corrected chi connectivity index (χ1v) is 12.7. The molecule has 0 aromatic rings. The molecule has 1 amide bonds. The van der Waals surface area contributed by atoms with Gasteiger partial charge in [-0.05, 0) is 6.42 Å². The molecule has 0 spiro atoms. The van der Waals surface area contributed by atoms with Gasteiger partial charge in [-0.3, -0.25) is 4.79 Å². The van der Waals surface area contributed by atoms with Gasteiger partial charge in [0.05, 0.1) is 20.7 Å². The standard InChI is InChI=1S/C25H52N2O2/c1-5-7-8-9-10-11-12-13-14-15-16-17-18-19-20-21-25(29)26-24(6-2)27(3,4)22-23-28/h24,28H,5-23H2,1-4H3/p+1. The highest BCUT2D eigenvalue weighted by Crippen LogP contribution is 2.14. The third-order valence-corrected chi connectivity index (χ3v) is 6.24. The summed E-state index contributed by atoms with van der Waals surface area (Å²) in [7, 11) is 4.14. The molecular formula is C25H53N2O2+. The van der Waals surface area contributed by atoms with E-state index < -0.39 is 0 Å². The third kappa shape index (κ3) is 16.8. The van der Waals surface area contributed by atoms with E-state index in [-0.39, 0.29) is 18.7 Å². The van der Waals surface area contributed by atoms with Gasteiger partial charge >= 0.3 is 0 Å². The molecule has 0 saturated carbocycles. The van der Waals surface area contributed by atoms with E-state index in [1.807, 2.05) is 0 Å². The highest BCUT2D eigenvalue weighted by Gasteiger charge is 2.27. The molecule has 0 rings (SSSR count). The van der Waals surface area contributed by atoms with E-state index in [2.05, 4.69) is 33.3 Å². The summed E-state index contributed by atoms with van der Waals surface area (Å²) < 4.78 is 0.637. The topological polar surface area (TPSA) is 49.3 Å². The molecule has 0 aliphatic carbocycles. The van der Waals surface area contributed by atoms with Crippen LogP contribution >= 0.6 is 0 Å². The van der Waals surface area contributed by atoms with Crippen LogP contribution in [-0.4, -0.2) is 48.9 Å². The Morgan fingerprint density at radius 2 is 1.17 bits per heavy atom. The number of quaternary nitrogens is 1. The van der Waals surface area contributed by atoms with Gasteiger partial charge in [-0.25, -0.2) is 0 Å².